The number of benzene rings is 1. The third-order valence-electron chi connectivity index (χ3n) is 4.25. The molecule has 2 heterocycles. The van der Waals surface area contributed by atoms with E-state index in [9.17, 15) is 0 Å². The number of nitrogens with zero attached hydrogens (tertiary/aromatic N) is 2. The van der Waals surface area contributed by atoms with Gasteiger partial charge in [-0.1, -0.05) is 23.1 Å². The maximum Gasteiger partial charge on any atom is 0.136 e. The van der Waals surface area contributed by atoms with E-state index < -0.39 is 0 Å². The van der Waals surface area contributed by atoms with Gasteiger partial charge in [0, 0.05) is 24.6 Å². The molecular weight excluding hydrogens is 288 g/mol. The lowest BCUT2D eigenvalue weighted by molar-refractivity contribution is 0.171. The topological polar surface area (TPSA) is 34.1 Å². The highest BCUT2D eigenvalue weighted by Gasteiger charge is 2.35. The summed E-state index contributed by atoms with van der Waals surface area (Å²) in [6.07, 6.45) is 3.19. The summed E-state index contributed by atoms with van der Waals surface area (Å²) < 4.78 is 5.19. The highest BCUT2D eigenvalue weighted by atomic mass is 16.6. The van der Waals surface area contributed by atoms with E-state index >= 15 is 0 Å². The molecule has 120 valence electrons. The van der Waals surface area contributed by atoms with Gasteiger partial charge in [-0.15, -0.1) is 0 Å². The molecule has 0 spiro atoms. The van der Waals surface area contributed by atoms with Crippen molar-refractivity contribution in [2.75, 3.05) is 33.4 Å². The van der Waals surface area contributed by atoms with E-state index in [0.717, 1.165) is 30.0 Å². The molecule has 2 unspecified atom stereocenters. The number of methoxy groups -OCH3 is 1. The lowest BCUT2D eigenvalue weighted by Gasteiger charge is -2.12. The third-order valence-corrected chi connectivity index (χ3v) is 4.25. The van der Waals surface area contributed by atoms with Crippen LogP contribution >= 0.6 is 0 Å². The predicted octanol–water partition coefficient (Wildman–Crippen LogP) is 2.70. The molecule has 0 aliphatic carbocycles. The molecule has 0 aromatic heterocycles. The molecule has 3 rings (SSSR count). The van der Waals surface area contributed by atoms with Gasteiger partial charge in [-0.05, 0) is 49.7 Å². The molecule has 0 radical (unpaired) electrons. The van der Waals surface area contributed by atoms with Crippen LogP contribution in [-0.2, 0) is 4.84 Å². The minimum Gasteiger partial charge on any atom is -0.497 e. The van der Waals surface area contributed by atoms with Gasteiger partial charge in [0.05, 0.1) is 12.8 Å². The molecule has 0 amide bonds. The van der Waals surface area contributed by atoms with Gasteiger partial charge in [-0.3, -0.25) is 4.90 Å². The lowest BCUT2D eigenvalue weighted by Crippen LogP contribution is -2.23. The van der Waals surface area contributed by atoms with Crippen molar-refractivity contribution < 1.29 is 9.57 Å². The summed E-state index contributed by atoms with van der Waals surface area (Å²) in [6, 6.07) is 7.74. The van der Waals surface area contributed by atoms with Crippen molar-refractivity contribution in [2.45, 2.75) is 13.3 Å². The van der Waals surface area contributed by atoms with Gasteiger partial charge in [0.1, 0.15) is 12.4 Å². The summed E-state index contributed by atoms with van der Waals surface area (Å²) in [7, 11) is 1.66. The minimum atomic E-state index is 0.467. The summed E-state index contributed by atoms with van der Waals surface area (Å²) in [4.78, 5) is 7.85. The van der Waals surface area contributed by atoms with Crippen molar-refractivity contribution in [3.63, 3.8) is 0 Å². The maximum absolute atomic E-state index is 5.43. The van der Waals surface area contributed by atoms with E-state index in [1.807, 2.05) is 37.3 Å². The Morgan fingerprint density at radius 1 is 1.48 bits per heavy atom. The molecule has 2 atom stereocenters. The molecule has 2 aliphatic heterocycles. The minimum absolute atomic E-state index is 0.467. The van der Waals surface area contributed by atoms with Gasteiger partial charge >= 0.3 is 0 Å². The fourth-order valence-electron chi connectivity index (χ4n) is 2.91. The van der Waals surface area contributed by atoms with E-state index in [2.05, 4.69) is 21.9 Å². The van der Waals surface area contributed by atoms with Crippen molar-refractivity contribution in [3.05, 3.63) is 41.5 Å². The molecule has 0 N–H and O–H groups in total. The molecule has 2 fully saturated rings. The van der Waals surface area contributed by atoms with Crippen molar-refractivity contribution in [2.24, 2.45) is 11.1 Å². The van der Waals surface area contributed by atoms with Gasteiger partial charge in [0.25, 0.3) is 0 Å². The fourth-order valence-corrected chi connectivity index (χ4v) is 2.91. The largest absolute Gasteiger partial charge is 0.497 e. The Kier molecular flexibility index (Phi) is 4.99. The predicted molar refractivity (Wildman–Crippen MR) is 91.6 cm³/mol. The average Bonchev–Trinajstić information content (AvgIpc) is 3.20. The Morgan fingerprint density at radius 3 is 3.13 bits per heavy atom. The smallest absolute Gasteiger partial charge is 0.136 e. The van der Waals surface area contributed by atoms with Crippen LogP contribution < -0.4 is 4.74 Å². The van der Waals surface area contributed by atoms with Gasteiger partial charge in [-0.25, -0.2) is 0 Å². The second-order valence-electron chi connectivity index (χ2n) is 5.97. The highest BCUT2D eigenvalue weighted by molar-refractivity contribution is 5.91. The third kappa shape index (κ3) is 4.14. The van der Waals surface area contributed by atoms with E-state index in [1.165, 1.54) is 18.7 Å². The number of piperidine rings is 1. The number of hydrogen-bond acceptors (Lipinski definition) is 4. The molecule has 2 saturated heterocycles. The molecule has 4 heteroatoms. The van der Waals surface area contributed by atoms with Crippen LogP contribution in [0.4, 0.5) is 0 Å². The van der Waals surface area contributed by atoms with Gasteiger partial charge in [-0.2, -0.15) is 0 Å². The molecule has 1 aromatic carbocycles. The summed E-state index contributed by atoms with van der Waals surface area (Å²) in [5, 5.41) is 4.28. The van der Waals surface area contributed by atoms with E-state index in [4.69, 9.17) is 9.57 Å². The van der Waals surface area contributed by atoms with Crippen LogP contribution in [-0.4, -0.2) is 44.0 Å². The van der Waals surface area contributed by atoms with Gasteiger partial charge in [0.2, 0.25) is 0 Å². The second-order valence-corrected chi connectivity index (χ2v) is 5.97. The number of oxime groups is 1. The Balaban J connectivity index is 1.50. The zero-order chi connectivity index (χ0) is 16.1. The monoisotopic (exact) mass is 310 g/mol. The Morgan fingerprint density at radius 2 is 2.39 bits per heavy atom. The molecular formula is C19H22N2O2. The van der Waals surface area contributed by atoms with E-state index in [-0.39, 0.29) is 0 Å². The molecule has 1 aromatic rings. The summed E-state index contributed by atoms with van der Waals surface area (Å²) in [6.45, 7) is 5.79. The average molecular weight is 310 g/mol. The maximum atomic E-state index is 5.43. The lowest BCUT2D eigenvalue weighted by atomic mass is 10.0. The van der Waals surface area contributed by atoms with Crippen LogP contribution in [0.3, 0.4) is 0 Å². The Bertz CT molecular complexity index is 682. The second kappa shape index (κ2) is 7.34. The fraction of sp³-hybridized carbons (Fsp3) is 0.421. The number of rotatable bonds is 4. The van der Waals surface area contributed by atoms with Gasteiger partial charge < -0.3 is 9.57 Å². The zero-order valence-corrected chi connectivity index (χ0v) is 13.7. The molecule has 2 bridgehead atoms. The summed E-state index contributed by atoms with van der Waals surface area (Å²) in [5.41, 5.74) is 3.11. The molecule has 4 nitrogen and oxygen atoms in total. The number of fused-ring (bicyclic) bond motifs is 2. The van der Waals surface area contributed by atoms with Crippen LogP contribution in [0.25, 0.3) is 0 Å². The van der Waals surface area contributed by atoms with Crippen molar-refractivity contribution in [3.8, 4) is 17.6 Å². The Hall–Kier alpha value is -2.25. The summed E-state index contributed by atoms with van der Waals surface area (Å²) in [5.74, 6) is 7.69. The number of ether oxygens (including phenoxy) is 1. The number of hydrogen-bond donors (Lipinski definition) is 0. The summed E-state index contributed by atoms with van der Waals surface area (Å²) >= 11 is 0. The van der Waals surface area contributed by atoms with Crippen LogP contribution in [0.5, 0.6) is 5.75 Å². The highest BCUT2D eigenvalue weighted by Crippen LogP contribution is 2.25. The van der Waals surface area contributed by atoms with E-state index in [0.29, 0.717) is 12.5 Å². The number of allylic oxidation sites excluding steroid dienone is 1. The first-order valence-corrected chi connectivity index (χ1v) is 7.98. The SMILES string of the molecule is COc1cccc(C#C/C(C)=C/CO/N=C2/CN3CCC2C3)c1. The van der Waals surface area contributed by atoms with Crippen LogP contribution in [0.2, 0.25) is 0 Å². The Labute approximate surface area is 137 Å². The molecule has 0 saturated carbocycles. The van der Waals surface area contributed by atoms with Crippen LogP contribution in [0, 0.1) is 17.8 Å². The molecule has 2 aliphatic rings. The van der Waals surface area contributed by atoms with Crippen molar-refractivity contribution in [1.82, 2.24) is 4.90 Å². The first kappa shape index (κ1) is 15.6. The molecule has 23 heavy (non-hydrogen) atoms. The first-order chi connectivity index (χ1) is 11.2. The quantitative estimate of drug-likeness (QED) is 0.487. The normalized spacial score (nSPS) is 24.4. The standard InChI is InChI=1S/C19H22N2O2/c1-15(6-7-16-4-3-5-18(12-16)22-2)9-11-23-20-19-14-21-10-8-17(19)13-21/h3-5,9,12,17H,8,10-11,13-14H2,1-2H3/b15-9+,20-19-. The van der Waals surface area contributed by atoms with Crippen LogP contribution in [0.15, 0.2) is 41.1 Å². The van der Waals surface area contributed by atoms with Crippen molar-refractivity contribution in [1.29, 1.82) is 0 Å². The van der Waals surface area contributed by atoms with E-state index in [1.54, 1.807) is 7.11 Å². The first-order valence-electron chi connectivity index (χ1n) is 7.98. The van der Waals surface area contributed by atoms with Gasteiger partial charge in [0.15, 0.2) is 0 Å². The zero-order valence-electron chi connectivity index (χ0n) is 13.7. The van der Waals surface area contributed by atoms with Crippen LogP contribution in [0.1, 0.15) is 18.9 Å². The van der Waals surface area contributed by atoms with Crippen molar-refractivity contribution >= 4 is 5.71 Å².